The first-order chi connectivity index (χ1) is 13.4. The van der Waals surface area contributed by atoms with Crippen LogP contribution in [-0.2, 0) is 11.3 Å². The molecule has 10 heteroatoms. The lowest BCUT2D eigenvalue weighted by Crippen LogP contribution is -2.23. The van der Waals surface area contributed by atoms with Gasteiger partial charge in [-0.3, -0.25) is 24.3 Å². The number of carbonyl (C=O) groups is 1. The van der Waals surface area contributed by atoms with Crippen molar-refractivity contribution in [1.29, 1.82) is 0 Å². The number of hydrogen-bond acceptors (Lipinski definition) is 6. The number of anilines is 1. The van der Waals surface area contributed by atoms with E-state index in [1.54, 1.807) is 24.3 Å². The molecule has 0 atom stereocenters. The van der Waals surface area contributed by atoms with Crippen LogP contribution in [0.25, 0.3) is 10.9 Å². The highest BCUT2D eigenvalue weighted by molar-refractivity contribution is 7.99. The van der Waals surface area contributed by atoms with Gasteiger partial charge in [-0.25, -0.2) is 4.98 Å². The molecule has 8 nitrogen and oxygen atoms in total. The zero-order valence-corrected chi connectivity index (χ0v) is 16.3. The first-order valence-electron chi connectivity index (χ1n) is 8.27. The predicted octanol–water partition coefficient (Wildman–Crippen LogP) is 3.71. The van der Waals surface area contributed by atoms with E-state index in [1.165, 1.54) is 22.8 Å². The highest BCUT2D eigenvalue weighted by atomic mass is 35.5. The number of non-ortho nitro benzene ring substituents is 1. The smallest absolute Gasteiger partial charge is 0.271 e. The minimum Gasteiger partial charge on any atom is -0.324 e. The number of hydrogen-bond donors (Lipinski definition) is 1. The van der Waals surface area contributed by atoms with Gasteiger partial charge in [-0.1, -0.05) is 35.5 Å². The summed E-state index contributed by atoms with van der Waals surface area (Å²) in [6, 6.07) is 10.8. The Hall–Kier alpha value is -2.91. The van der Waals surface area contributed by atoms with Crippen LogP contribution in [-0.4, -0.2) is 26.1 Å². The van der Waals surface area contributed by atoms with Crippen LogP contribution < -0.4 is 10.9 Å². The largest absolute Gasteiger partial charge is 0.324 e. The Morgan fingerprint density at radius 1 is 1.32 bits per heavy atom. The molecule has 0 saturated carbocycles. The number of benzene rings is 2. The maximum atomic E-state index is 12.6. The second-order valence-corrected chi connectivity index (χ2v) is 7.07. The lowest BCUT2D eigenvalue weighted by atomic mass is 10.2. The second kappa shape index (κ2) is 8.41. The van der Waals surface area contributed by atoms with Gasteiger partial charge >= 0.3 is 0 Å². The maximum Gasteiger partial charge on any atom is 0.271 e. The molecule has 3 rings (SSSR count). The normalized spacial score (nSPS) is 10.8. The molecule has 3 aromatic rings. The molecule has 0 aliphatic carbocycles. The first kappa shape index (κ1) is 19.8. The average Bonchev–Trinajstić information content (AvgIpc) is 2.68. The van der Waals surface area contributed by atoms with Crippen molar-refractivity contribution in [3.8, 4) is 0 Å². The second-order valence-electron chi connectivity index (χ2n) is 5.72. The van der Waals surface area contributed by atoms with Gasteiger partial charge < -0.3 is 5.32 Å². The van der Waals surface area contributed by atoms with E-state index in [1.807, 2.05) is 6.92 Å². The molecule has 0 spiro atoms. The zero-order valence-electron chi connectivity index (χ0n) is 14.7. The van der Waals surface area contributed by atoms with Crippen molar-refractivity contribution in [2.75, 3.05) is 11.1 Å². The van der Waals surface area contributed by atoms with Gasteiger partial charge in [0.1, 0.15) is 0 Å². The number of carbonyl (C=O) groups excluding carboxylic acids is 1. The van der Waals surface area contributed by atoms with Crippen LogP contribution in [0.1, 0.15) is 6.92 Å². The first-order valence-corrected chi connectivity index (χ1v) is 9.63. The van der Waals surface area contributed by atoms with Crippen LogP contribution in [0.15, 0.2) is 52.4 Å². The molecule has 0 fully saturated rings. The molecule has 2 aromatic carbocycles. The number of nitrogens with zero attached hydrogens (tertiary/aromatic N) is 3. The summed E-state index contributed by atoms with van der Waals surface area (Å²) in [4.78, 5) is 39.5. The fourth-order valence-electron chi connectivity index (χ4n) is 2.57. The van der Waals surface area contributed by atoms with E-state index in [4.69, 9.17) is 11.6 Å². The van der Waals surface area contributed by atoms with Crippen molar-refractivity contribution in [3.05, 3.63) is 68.0 Å². The molecule has 0 aliphatic rings. The Bertz CT molecular complexity index is 1130. The number of aromatic nitrogens is 2. The number of thioether (sulfide) groups is 1. The third-order valence-corrected chi connectivity index (χ3v) is 5.20. The van der Waals surface area contributed by atoms with E-state index in [0.29, 0.717) is 22.6 Å². The van der Waals surface area contributed by atoms with Gasteiger partial charge in [0.05, 0.1) is 32.3 Å². The lowest BCUT2D eigenvalue weighted by Gasteiger charge is -2.11. The molecule has 28 heavy (non-hydrogen) atoms. The minimum atomic E-state index is -0.567. The molecule has 1 heterocycles. The molecule has 1 amide bonds. The van der Waals surface area contributed by atoms with Crippen molar-refractivity contribution in [1.82, 2.24) is 9.55 Å². The summed E-state index contributed by atoms with van der Waals surface area (Å²) in [5, 5.41) is 14.4. The number of rotatable bonds is 6. The summed E-state index contributed by atoms with van der Waals surface area (Å²) in [5.41, 5.74) is 0.523. The van der Waals surface area contributed by atoms with Crippen LogP contribution >= 0.6 is 23.4 Å². The van der Waals surface area contributed by atoms with Gasteiger partial charge in [0, 0.05) is 18.7 Å². The molecule has 144 valence electrons. The number of para-hydroxylation sites is 1. The van der Waals surface area contributed by atoms with E-state index in [-0.39, 0.29) is 33.6 Å². The fraction of sp³-hybridized carbons (Fsp3) is 0.167. The molecule has 0 unspecified atom stereocenters. The predicted molar refractivity (Wildman–Crippen MR) is 109 cm³/mol. The Kier molecular flexibility index (Phi) is 5.96. The van der Waals surface area contributed by atoms with Crippen LogP contribution in [0.2, 0.25) is 5.02 Å². The van der Waals surface area contributed by atoms with E-state index in [2.05, 4.69) is 10.3 Å². The molecule has 1 N–H and O–H groups in total. The summed E-state index contributed by atoms with van der Waals surface area (Å²) in [6.45, 7) is 2.26. The third kappa shape index (κ3) is 4.15. The van der Waals surface area contributed by atoms with Crippen molar-refractivity contribution in [2.24, 2.45) is 0 Å². The van der Waals surface area contributed by atoms with Gasteiger partial charge in [-0.2, -0.15) is 0 Å². The monoisotopic (exact) mass is 418 g/mol. The van der Waals surface area contributed by atoms with Gasteiger partial charge in [0.2, 0.25) is 5.91 Å². The van der Waals surface area contributed by atoms with Crippen LogP contribution in [0.3, 0.4) is 0 Å². The van der Waals surface area contributed by atoms with Crippen LogP contribution in [0.4, 0.5) is 11.4 Å². The molecule has 0 radical (unpaired) electrons. The summed E-state index contributed by atoms with van der Waals surface area (Å²) < 4.78 is 1.51. The van der Waals surface area contributed by atoms with Gasteiger partial charge in [0.25, 0.3) is 11.2 Å². The summed E-state index contributed by atoms with van der Waals surface area (Å²) in [6.07, 6.45) is 0. The lowest BCUT2D eigenvalue weighted by molar-refractivity contribution is -0.384. The van der Waals surface area contributed by atoms with Gasteiger partial charge in [-0.15, -0.1) is 0 Å². The summed E-state index contributed by atoms with van der Waals surface area (Å²) in [5.74, 6) is -0.372. The Morgan fingerprint density at radius 3 is 2.75 bits per heavy atom. The highest BCUT2D eigenvalue weighted by Crippen LogP contribution is 2.27. The number of nitro groups is 1. The number of halogens is 1. The van der Waals surface area contributed by atoms with Gasteiger partial charge in [0.15, 0.2) is 5.16 Å². The van der Waals surface area contributed by atoms with Crippen LogP contribution in [0, 0.1) is 10.1 Å². The Labute approximate surface area is 168 Å². The number of fused-ring (bicyclic) bond motifs is 1. The maximum absolute atomic E-state index is 12.6. The number of nitro benzene ring substituents is 1. The summed E-state index contributed by atoms with van der Waals surface area (Å²) in [7, 11) is 0. The SMILES string of the molecule is CCn1c(SCC(=O)Nc2ccc([N+](=O)[O-])cc2Cl)nc2ccccc2c1=O. The van der Waals surface area contributed by atoms with Gasteiger partial charge in [-0.05, 0) is 25.1 Å². The number of amides is 1. The molecule has 0 bridgehead atoms. The van der Waals surface area contributed by atoms with Crippen molar-refractivity contribution >= 4 is 51.5 Å². The summed E-state index contributed by atoms with van der Waals surface area (Å²) >= 11 is 7.12. The molecular formula is C18H15ClN4O4S. The Morgan fingerprint density at radius 2 is 2.07 bits per heavy atom. The molecule has 0 aliphatic heterocycles. The van der Waals surface area contributed by atoms with E-state index in [0.717, 1.165) is 11.8 Å². The fourth-order valence-corrected chi connectivity index (χ4v) is 3.66. The van der Waals surface area contributed by atoms with Crippen LogP contribution in [0.5, 0.6) is 0 Å². The molecule has 1 aromatic heterocycles. The average molecular weight is 419 g/mol. The molecule has 0 saturated heterocycles. The number of nitrogens with one attached hydrogen (secondary N) is 1. The quantitative estimate of drug-likeness (QED) is 0.283. The molecular weight excluding hydrogens is 404 g/mol. The van der Waals surface area contributed by atoms with Crippen molar-refractivity contribution < 1.29 is 9.72 Å². The standard InChI is InChI=1S/C18H15ClN4O4S/c1-2-22-17(25)12-5-3-4-6-14(12)21-18(22)28-10-16(24)20-15-8-7-11(23(26)27)9-13(15)19/h3-9H,2,10H2,1H3,(H,20,24). The zero-order chi connectivity index (χ0) is 20.3. The van der Waals surface area contributed by atoms with Crippen molar-refractivity contribution in [3.63, 3.8) is 0 Å². The Balaban J connectivity index is 1.76. The van der Waals surface area contributed by atoms with E-state index < -0.39 is 4.92 Å². The topological polar surface area (TPSA) is 107 Å². The van der Waals surface area contributed by atoms with E-state index in [9.17, 15) is 19.7 Å². The van der Waals surface area contributed by atoms with E-state index >= 15 is 0 Å². The highest BCUT2D eigenvalue weighted by Gasteiger charge is 2.14. The third-order valence-electron chi connectivity index (χ3n) is 3.91. The van der Waals surface area contributed by atoms with Crippen molar-refractivity contribution in [2.45, 2.75) is 18.6 Å². The minimum absolute atomic E-state index is 0.00189.